The average Bonchev–Trinajstić information content (AvgIpc) is 2.42. The zero-order valence-electron chi connectivity index (χ0n) is 12.2. The molecule has 1 aliphatic rings. The second-order valence-electron chi connectivity index (χ2n) is 5.74. The van der Waals surface area contributed by atoms with Gasteiger partial charge in [-0.2, -0.15) is 0 Å². The monoisotopic (exact) mass is 291 g/mol. The van der Waals surface area contributed by atoms with Crippen molar-refractivity contribution in [1.29, 1.82) is 0 Å². The van der Waals surface area contributed by atoms with Gasteiger partial charge < -0.3 is 15.2 Å². The first-order chi connectivity index (χ1) is 10.0. The number of rotatable bonds is 7. The highest BCUT2D eigenvalue weighted by atomic mass is 16.5. The van der Waals surface area contributed by atoms with Crippen LogP contribution in [0.2, 0.25) is 0 Å². The highest BCUT2D eigenvalue weighted by Gasteiger charge is 2.39. The molecule has 1 saturated carbocycles. The maximum Gasteiger partial charge on any atom is 0.303 e. The Labute approximate surface area is 124 Å². The number of carboxylic acids is 1. The lowest BCUT2D eigenvalue weighted by Crippen LogP contribution is -2.43. The largest absolute Gasteiger partial charge is 0.481 e. The van der Waals surface area contributed by atoms with Crippen LogP contribution in [0.3, 0.4) is 0 Å². The van der Waals surface area contributed by atoms with Crippen LogP contribution < -0.4 is 5.32 Å². The smallest absolute Gasteiger partial charge is 0.303 e. The summed E-state index contributed by atoms with van der Waals surface area (Å²) < 4.78 is 5.02. The molecule has 0 heterocycles. The quantitative estimate of drug-likeness (QED) is 0.807. The second kappa shape index (κ2) is 6.72. The molecule has 1 aromatic carbocycles. The van der Waals surface area contributed by atoms with E-state index < -0.39 is 5.97 Å². The molecule has 0 saturated heterocycles. The van der Waals surface area contributed by atoms with Crippen LogP contribution in [0.15, 0.2) is 24.3 Å². The highest BCUT2D eigenvalue weighted by Crippen LogP contribution is 2.43. The first-order valence-corrected chi connectivity index (χ1v) is 7.13. The van der Waals surface area contributed by atoms with Gasteiger partial charge in [0.25, 0.3) is 5.91 Å². The lowest BCUT2D eigenvalue weighted by molar-refractivity contribution is -0.141. The van der Waals surface area contributed by atoms with Gasteiger partial charge in [0.15, 0.2) is 0 Å². The molecular formula is C16H21NO4. The van der Waals surface area contributed by atoms with E-state index >= 15 is 0 Å². The molecular weight excluding hydrogens is 270 g/mol. The number of ether oxygens (including phenoxy) is 1. The van der Waals surface area contributed by atoms with Crippen molar-refractivity contribution in [3.05, 3.63) is 35.4 Å². The number of carbonyl (C=O) groups is 2. The van der Waals surface area contributed by atoms with Crippen LogP contribution in [-0.4, -0.2) is 30.6 Å². The van der Waals surface area contributed by atoms with Crippen molar-refractivity contribution in [2.45, 2.75) is 32.3 Å². The zero-order valence-corrected chi connectivity index (χ0v) is 12.2. The third kappa shape index (κ3) is 4.04. The number of amides is 1. The van der Waals surface area contributed by atoms with E-state index in [4.69, 9.17) is 9.84 Å². The van der Waals surface area contributed by atoms with Gasteiger partial charge in [0.05, 0.1) is 13.0 Å². The topological polar surface area (TPSA) is 75.6 Å². The number of benzene rings is 1. The third-order valence-corrected chi connectivity index (χ3v) is 4.09. The van der Waals surface area contributed by atoms with Crippen molar-refractivity contribution in [2.24, 2.45) is 5.41 Å². The molecule has 1 aliphatic carbocycles. The van der Waals surface area contributed by atoms with E-state index in [9.17, 15) is 9.59 Å². The van der Waals surface area contributed by atoms with Crippen molar-refractivity contribution < 1.29 is 19.4 Å². The Morgan fingerprint density at radius 2 is 1.95 bits per heavy atom. The molecule has 1 amide bonds. The molecule has 2 N–H and O–H groups in total. The molecule has 1 aromatic rings. The van der Waals surface area contributed by atoms with Gasteiger partial charge in [-0.25, -0.2) is 0 Å². The van der Waals surface area contributed by atoms with Crippen LogP contribution in [0.1, 0.15) is 41.6 Å². The van der Waals surface area contributed by atoms with Crippen molar-refractivity contribution in [3.8, 4) is 0 Å². The lowest BCUT2D eigenvalue weighted by atomic mass is 9.66. The molecule has 1 fully saturated rings. The summed E-state index contributed by atoms with van der Waals surface area (Å²) in [7, 11) is 1.63. The highest BCUT2D eigenvalue weighted by molar-refractivity contribution is 5.94. The number of hydrogen-bond acceptors (Lipinski definition) is 3. The molecule has 21 heavy (non-hydrogen) atoms. The molecule has 5 heteroatoms. The average molecular weight is 291 g/mol. The van der Waals surface area contributed by atoms with Crippen molar-refractivity contribution >= 4 is 11.9 Å². The summed E-state index contributed by atoms with van der Waals surface area (Å²) in [6.45, 7) is 0.946. The van der Waals surface area contributed by atoms with E-state index in [-0.39, 0.29) is 17.7 Å². The fourth-order valence-corrected chi connectivity index (χ4v) is 2.70. The lowest BCUT2D eigenvalue weighted by Gasteiger charge is -2.40. The zero-order chi connectivity index (χ0) is 15.3. The number of hydrogen-bond donors (Lipinski definition) is 2. The molecule has 114 valence electrons. The minimum absolute atomic E-state index is 0.125. The van der Waals surface area contributed by atoms with E-state index in [1.165, 1.54) is 0 Å². The first kappa shape index (κ1) is 15.5. The van der Waals surface area contributed by atoms with Crippen LogP contribution in [0, 0.1) is 5.41 Å². The minimum Gasteiger partial charge on any atom is -0.481 e. The summed E-state index contributed by atoms with van der Waals surface area (Å²) in [4.78, 5) is 23.0. The van der Waals surface area contributed by atoms with E-state index in [1.807, 2.05) is 12.1 Å². The third-order valence-electron chi connectivity index (χ3n) is 4.09. The SMILES string of the molecule is COCc1ccc(C(=O)NCC2(CC(=O)O)CCC2)cc1. The van der Waals surface area contributed by atoms with E-state index in [1.54, 1.807) is 19.2 Å². The van der Waals surface area contributed by atoms with E-state index in [0.717, 1.165) is 24.8 Å². The number of methoxy groups -OCH3 is 1. The summed E-state index contributed by atoms with van der Waals surface area (Å²) in [5.41, 5.74) is 1.34. The molecule has 5 nitrogen and oxygen atoms in total. The standard InChI is InChI=1S/C16H21NO4/c1-21-10-12-3-5-13(6-4-12)15(20)17-11-16(7-2-8-16)9-14(18)19/h3-6H,2,7-11H2,1H3,(H,17,20)(H,18,19). The van der Waals surface area contributed by atoms with Gasteiger partial charge in [-0.1, -0.05) is 18.6 Å². The fourth-order valence-electron chi connectivity index (χ4n) is 2.70. The number of carboxylic acid groups (broad SMARTS) is 1. The van der Waals surface area contributed by atoms with Crippen molar-refractivity contribution in [2.75, 3.05) is 13.7 Å². The fraction of sp³-hybridized carbons (Fsp3) is 0.500. The Morgan fingerprint density at radius 1 is 1.29 bits per heavy atom. The Balaban J connectivity index is 1.90. The van der Waals surface area contributed by atoms with Gasteiger partial charge in [-0.3, -0.25) is 9.59 Å². The predicted octanol–water partition coefficient (Wildman–Crippen LogP) is 2.21. The predicted molar refractivity (Wildman–Crippen MR) is 78.0 cm³/mol. The van der Waals surface area contributed by atoms with Gasteiger partial charge in [0.1, 0.15) is 0 Å². The van der Waals surface area contributed by atoms with E-state index in [2.05, 4.69) is 5.32 Å². The summed E-state index contributed by atoms with van der Waals surface area (Å²) >= 11 is 0. The molecule has 0 radical (unpaired) electrons. The van der Waals surface area contributed by atoms with Crippen molar-refractivity contribution in [3.63, 3.8) is 0 Å². The number of nitrogens with one attached hydrogen (secondary N) is 1. The second-order valence-corrected chi connectivity index (χ2v) is 5.74. The molecule has 2 rings (SSSR count). The normalized spacial score (nSPS) is 16.0. The molecule has 0 aliphatic heterocycles. The van der Waals surface area contributed by atoms with Crippen LogP contribution in [0.4, 0.5) is 0 Å². The first-order valence-electron chi connectivity index (χ1n) is 7.13. The molecule has 0 bridgehead atoms. The van der Waals surface area contributed by atoms with Crippen molar-refractivity contribution in [1.82, 2.24) is 5.32 Å². The summed E-state index contributed by atoms with van der Waals surface area (Å²) in [5.74, 6) is -0.955. The summed E-state index contributed by atoms with van der Waals surface area (Å²) in [6, 6.07) is 7.23. The number of carbonyl (C=O) groups excluding carboxylic acids is 1. The van der Waals surface area contributed by atoms with Gasteiger partial charge >= 0.3 is 5.97 Å². The molecule has 0 atom stereocenters. The Bertz CT molecular complexity index is 506. The van der Waals surface area contributed by atoms with Gasteiger partial charge in [0, 0.05) is 19.2 Å². The van der Waals surface area contributed by atoms with Crippen LogP contribution in [0.5, 0.6) is 0 Å². The van der Waals surface area contributed by atoms with Gasteiger partial charge in [-0.05, 0) is 36.0 Å². The molecule has 0 aromatic heterocycles. The number of aliphatic carboxylic acids is 1. The summed E-state index contributed by atoms with van der Waals surface area (Å²) in [6.07, 6.45) is 2.90. The van der Waals surface area contributed by atoms with E-state index in [0.29, 0.717) is 18.7 Å². The Kier molecular flexibility index (Phi) is 4.96. The van der Waals surface area contributed by atoms with Crippen LogP contribution in [0.25, 0.3) is 0 Å². The maximum atomic E-state index is 12.1. The van der Waals surface area contributed by atoms with Gasteiger partial charge in [0.2, 0.25) is 0 Å². The maximum absolute atomic E-state index is 12.1. The van der Waals surface area contributed by atoms with Gasteiger partial charge in [-0.15, -0.1) is 0 Å². The van der Waals surface area contributed by atoms with Crippen LogP contribution >= 0.6 is 0 Å². The van der Waals surface area contributed by atoms with Crippen LogP contribution in [-0.2, 0) is 16.1 Å². The Hall–Kier alpha value is -1.88. The molecule has 0 spiro atoms. The Morgan fingerprint density at radius 3 is 2.43 bits per heavy atom. The minimum atomic E-state index is -0.798. The molecule has 0 unspecified atom stereocenters. The summed E-state index contributed by atoms with van der Waals surface area (Å²) in [5, 5.41) is 11.8.